The van der Waals surface area contributed by atoms with Crippen LogP contribution in [0.5, 0.6) is 0 Å². The smallest absolute Gasteiger partial charge is 0.115 e. The first-order chi connectivity index (χ1) is 9.29. The normalized spacial score (nSPS) is 10.4. The van der Waals surface area contributed by atoms with Crippen LogP contribution in [-0.4, -0.2) is 16.5 Å². The first kappa shape index (κ1) is 13.8. The molecule has 3 nitrogen and oxygen atoms in total. The van der Waals surface area contributed by atoms with E-state index in [0.29, 0.717) is 0 Å². The highest BCUT2D eigenvalue weighted by Crippen LogP contribution is 2.17. The Hall–Kier alpha value is -1.61. The quantitative estimate of drug-likeness (QED) is 0.800. The summed E-state index contributed by atoms with van der Waals surface area (Å²) in [6.45, 7) is 4.05. The van der Waals surface area contributed by atoms with Crippen LogP contribution in [-0.2, 0) is 6.54 Å². The second-order valence-electron chi connectivity index (χ2n) is 4.50. The van der Waals surface area contributed by atoms with Gasteiger partial charge in [0.15, 0.2) is 0 Å². The van der Waals surface area contributed by atoms with Crippen molar-refractivity contribution in [2.24, 2.45) is 0 Å². The molecule has 0 spiro atoms. The molecule has 0 saturated carbocycles. The Bertz CT molecular complexity index is 485. The standard InChI is InChI=1S/C15H18ClN3/c1-2-3-8-19(15-9-17-12-18-10-15)11-13-4-6-14(16)7-5-13/h4-7,9-10,12H,2-3,8,11H2,1H3. The fourth-order valence-electron chi connectivity index (χ4n) is 1.91. The molecule has 0 aliphatic heterocycles. The van der Waals surface area contributed by atoms with E-state index in [1.54, 1.807) is 6.33 Å². The first-order valence-electron chi connectivity index (χ1n) is 6.54. The van der Waals surface area contributed by atoms with Crippen LogP contribution in [0.3, 0.4) is 0 Å². The maximum atomic E-state index is 5.92. The van der Waals surface area contributed by atoms with Gasteiger partial charge in [0.05, 0.1) is 18.1 Å². The largest absolute Gasteiger partial charge is 0.365 e. The summed E-state index contributed by atoms with van der Waals surface area (Å²) in [4.78, 5) is 10.5. The van der Waals surface area contributed by atoms with Gasteiger partial charge in [-0.05, 0) is 24.1 Å². The molecule has 19 heavy (non-hydrogen) atoms. The predicted octanol–water partition coefficient (Wildman–Crippen LogP) is 3.94. The van der Waals surface area contributed by atoms with Crippen molar-refractivity contribution in [3.05, 3.63) is 53.6 Å². The molecular weight excluding hydrogens is 258 g/mol. The van der Waals surface area contributed by atoms with Crippen LogP contribution >= 0.6 is 11.6 Å². The Labute approximate surface area is 119 Å². The van der Waals surface area contributed by atoms with E-state index in [1.165, 1.54) is 12.0 Å². The van der Waals surface area contributed by atoms with E-state index in [-0.39, 0.29) is 0 Å². The lowest BCUT2D eigenvalue weighted by Crippen LogP contribution is -2.24. The number of nitrogens with zero attached hydrogens (tertiary/aromatic N) is 3. The second kappa shape index (κ2) is 7.10. The van der Waals surface area contributed by atoms with Crippen LogP contribution < -0.4 is 4.90 Å². The molecule has 2 rings (SSSR count). The summed E-state index contributed by atoms with van der Waals surface area (Å²) < 4.78 is 0. The summed E-state index contributed by atoms with van der Waals surface area (Å²) in [7, 11) is 0. The van der Waals surface area contributed by atoms with Crippen molar-refractivity contribution < 1.29 is 0 Å². The molecule has 100 valence electrons. The molecule has 1 heterocycles. The monoisotopic (exact) mass is 275 g/mol. The van der Waals surface area contributed by atoms with E-state index >= 15 is 0 Å². The molecule has 0 aliphatic carbocycles. The minimum atomic E-state index is 0.770. The van der Waals surface area contributed by atoms with Gasteiger partial charge in [-0.2, -0.15) is 0 Å². The predicted molar refractivity (Wildman–Crippen MR) is 79.4 cm³/mol. The van der Waals surface area contributed by atoms with Gasteiger partial charge < -0.3 is 4.90 Å². The van der Waals surface area contributed by atoms with Gasteiger partial charge >= 0.3 is 0 Å². The number of benzene rings is 1. The fraction of sp³-hybridized carbons (Fsp3) is 0.333. The Morgan fingerprint density at radius 3 is 2.42 bits per heavy atom. The molecule has 1 aromatic carbocycles. The van der Waals surface area contributed by atoms with E-state index in [9.17, 15) is 0 Å². The van der Waals surface area contributed by atoms with E-state index < -0.39 is 0 Å². The summed E-state index contributed by atoms with van der Waals surface area (Å²) in [6, 6.07) is 7.98. The van der Waals surface area contributed by atoms with Crippen molar-refractivity contribution >= 4 is 17.3 Å². The Balaban J connectivity index is 2.11. The van der Waals surface area contributed by atoms with Gasteiger partial charge in [-0.1, -0.05) is 37.1 Å². The Morgan fingerprint density at radius 2 is 1.79 bits per heavy atom. The molecule has 4 heteroatoms. The molecule has 0 atom stereocenters. The third-order valence-electron chi connectivity index (χ3n) is 2.98. The van der Waals surface area contributed by atoms with Crippen molar-refractivity contribution in [1.29, 1.82) is 0 Å². The summed E-state index contributed by atoms with van der Waals surface area (Å²) in [5.74, 6) is 0. The number of aromatic nitrogens is 2. The highest BCUT2D eigenvalue weighted by molar-refractivity contribution is 6.30. The molecule has 0 saturated heterocycles. The molecule has 0 N–H and O–H groups in total. The van der Waals surface area contributed by atoms with Gasteiger partial charge in [0.25, 0.3) is 0 Å². The lowest BCUT2D eigenvalue weighted by Gasteiger charge is -2.24. The molecule has 0 fully saturated rings. The van der Waals surface area contributed by atoms with Gasteiger partial charge in [-0.25, -0.2) is 9.97 Å². The molecule has 1 aromatic heterocycles. The highest BCUT2D eigenvalue weighted by Gasteiger charge is 2.07. The average molecular weight is 276 g/mol. The summed E-state index contributed by atoms with van der Waals surface area (Å²) in [5, 5.41) is 0.770. The minimum absolute atomic E-state index is 0.770. The van der Waals surface area contributed by atoms with Crippen molar-refractivity contribution in [2.75, 3.05) is 11.4 Å². The summed E-state index contributed by atoms with van der Waals surface area (Å²) >= 11 is 5.92. The number of rotatable bonds is 6. The van der Waals surface area contributed by atoms with Gasteiger partial charge in [0, 0.05) is 18.1 Å². The summed E-state index contributed by atoms with van der Waals surface area (Å²) in [6.07, 6.45) is 7.61. The van der Waals surface area contributed by atoms with E-state index in [1.807, 2.05) is 24.5 Å². The van der Waals surface area contributed by atoms with E-state index in [0.717, 1.165) is 30.2 Å². The Morgan fingerprint density at radius 1 is 1.11 bits per heavy atom. The van der Waals surface area contributed by atoms with Crippen molar-refractivity contribution in [3.63, 3.8) is 0 Å². The number of unbranched alkanes of at least 4 members (excludes halogenated alkanes) is 1. The maximum Gasteiger partial charge on any atom is 0.115 e. The van der Waals surface area contributed by atoms with Crippen LogP contribution in [0.4, 0.5) is 5.69 Å². The molecule has 0 amide bonds. The van der Waals surface area contributed by atoms with E-state index in [4.69, 9.17) is 11.6 Å². The van der Waals surface area contributed by atoms with Gasteiger partial charge in [-0.15, -0.1) is 0 Å². The number of hydrogen-bond donors (Lipinski definition) is 0. The molecule has 0 bridgehead atoms. The zero-order valence-corrected chi connectivity index (χ0v) is 11.8. The van der Waals surface area contributed by atoms with Gasteiger partial charge in [0.2, 0.25) is 0 Å². The van der Waals surface area contributed by atoms with Crippen LogP contribution in [0.2, 0.25) is 5.02 Å². The number of halogens is 1. The Kier molecular flexibility index (Phi) is 5.16. The minimum Gasteiger partial charge on any atom is -0.365 e. The second-order valence-corrected chi connectivity index (χ2v) is 4.93. The van der Waals surface area contributed by atoms with Crippen LogP contribution in [0, 0.1) is 0 Å². The SMILES string of the molecule is CCCCN(Cc1ccc(Cl)cc1)c1cncnc1. The van der Waals surface area contributed by atoms with Crippen molar-refractivity contribution in [2.45, 2.75) is 26.3 Å². The first-order valence-corrected chi connectivity index (χ1v) is 6.92. The third-order valence-corrected chi connectivity index (χ3v) is 3.23. The van der Waals surface area contributed by atoms with Crippen molar-refractivity contribution in [1.82, 2.24) is 9.97 Å². The maximum absolute atomic E-state index is 5.92. The number of anilines is 1. The lowest BCUT2D eigenvalue weighted by atomic mass is 10.2. The fourth-order valence-corrected chi connectivity index (χ4v) is 2.04. The zero-order chi connectivity index (χ0) is 13.5. The lowest BCUT2D eigenvalue weighted by molar-refractivity contribution is 0.713. The van der Waals surface area contributed by atoms with Crippen molar-refractivity contribution in [3.8, 4) is 0 Å². The third kappa shape index (κ3) is 4.21. The molecule has 2 aromatic rings. The zero-order valence-electron chi connectivity index (χ0n) is 11.1. The van der Waals surface area contributed by atoms with Crippen LogP contribution in [0.1, 0.15) is 25.3 Å². The number of hydrogen-bond acceptors (Lipinski definition) is 3. The molecule has 0 radical (unpaired) electrons. The van der Waals surface area contributed by atoms with Crippen LogP contribution in [0.15, 0.2) is 43.0 Å². The highest BCUT2D eigenvalue weighted by atomic mass is 35.5. The van der Waals surface area contributed by atoms with Crippen LogP contribution in [0.25, 0.3) is 0 Å². The molecular formula is C15H18ClN3. The van der Waals surface area contributed by atoms with Gasteiger partial charge in [0.1, 0.15) is 6.33 Å². The van der Waals surface area contributed by atoms with E-state index in [2.05, 4.69) is 33.9 Å². The molecule has 0 unspecified atom stereocenters. The van der Waals surface area contributed by atoms with Gasteiger partial charge in [-0.3, -0.25) is 0 Å². The summed E-state index contributed by atoms with van der Waals surface area (Å²) in [5.41, 5.74) is 2.30. The molecule has 0 aliphatic rings. The topological polar surface area (TPSA) is 29.0 Å². The average Bonchev–Trinajstić information content (AvgIpc) is 2.46.